The van der Waals surface area contributed by atoms with Gasteiger partial charge in [-0.05, 0) is 113 Å². The maximum Gasteiger partial charge on any atom is 0.336 e. The van der Waals surface area contributed by atoms with Gasteiger partial charge in [0.15, 0.2) is 0 Å². The maximum absolute atomic E-state index is 7.26. The van der Waals surface area contributed by atoms with Crippen LogP contribution in [0.4, 0.5) is 11.4 Å². The molecule has 0 unspecified atom stereocenters. The number of benzene rings is 7. The standard InChI is InChI=1S/C50H52BNO/c1-47(2,3)31-15-19-35(20-16-31)52-40-23-17-32(48(4,5)6)27-38(40)44-36-21-13-29-25-34(50(10,11)12)26-30-14-22-37(43(36)42(29)30)46-45(44)51(52)39-28-33(49(7,8)9)18-24-41(39)53-46/h13-28H,1-12H3. The van der Waals surface area contributed by atoms with Gasteiger partial charge >= 0.3 is 6.85 Å². The van der Waals surface area contributed by atoms with E-state index in [2.05, 4.69) is 185 Å². The highest BCUT2D eigenvalue weighted by atomic mass is 16.5. The van der Waals surface area contributed by atoms with Crippen LogP contribution < -0.4 is 20.5 Å². The third kappa shape index (κ3) is 5.13. The fraction of sp³-hybridized carbons (Fsp3) is 0.320. The minimum Gasteiger partial charge on any atom is -0.458 e. The van der Waals surface area contributed by atoms with Crippen LogP contribution in [0.5, 0.6) is 11.5 Å². The average molecular weight is 694 g/mol. The molecule has 266 valence electrons. The number of ether oxygens (including phenoxy) is 1. The molecule has 0 saturated carbocycles. The summed E-state index contributed by atoms with van der Waals surface area (Å²) >= 11 is 0. The molecule has 0 bridgehead atoms. The number of hydrogen-bond donors (Lipinski definition) is 0. The SMILES string of the molecule is CC(C)(C)c1ccc(N2B3c4cc(C(C)(C)C)ccc4Oc4c3c(c3ccc5cc(C(C)(C)C)cc6ccc4c3c65)-c3cc(C(C)(C)C)ccc32)cc1. The Kier molecular flexibility index (Phi) is 7.01. The van der Waals surface area contributed by atoms with Crippen LogP contribution in [0, 0.1) is 0 Å². The largest absolute Gasteiger partial charge is 0.458 e. The molecule has 7 aromatic rings. The Morgan fingerprint density at radius 3 is 1.64 bits per heavy atom. The van der Waals surface area contributed by atoms with Gasteiger partial charge < -0.3 is 9.55 Å². The molecule has 3 heteroatoms. The third-order valence-corrected chi connectivity index (χ3v) is 12.1. The van der Waals surface area contributed by atoms with E-state index < -0.39 is 0 Å². The van der Waals surface area contributed by atoms with Crippen LogP contribution in [0.15, 0.2) is 97.1 Å². The van der Waals surface area contributed by atoms with Crippen LogP contribution in [-0.4, -0.2) is 6.85 Å². The molecular formula is C50H52BNO. The fourth-order valence-corrected chi connectivity index (χ4v) is 8.88. The molecule has 0 spiro atoms. The van der Waals surface area contributed by atoms with Crippen molar-refractivity contribution in [2.45, 2.75) is 105 Å². The predicted octanol–water partition coefficient (Wildman–Crippen LogP) is 12.8. The molecule has 7 aromatic carbocycles. The second-order valence-electron chi connectivity index (χ2n) is 19.9. The Morgan fingerprint density at radius 2 is 1.04 bits per heavy atom. The molecule has 53 heavy (non-hydrogen) atoms. The molecule has 0 saturated heterocycles. The lowest BCUT2D eigenvalue weighted by molar-refractivity contribution is 0.491. The molecular weight excluding hydrogens is 641 g/mol. The molecule has 0 N–H and O–H groups in total. The topological polar surface area (TPSA) is 12.5 Å². The maximum atomic E-state index is 7.26. The first-order valence-corrected chi connectivity index (χ1v) is 19.5. The summed E-state index contributed by atoms with van der Waals surface area (Å²) in [5.41, 5.74) is 12.9. The van der Waals surface area contributed by atoms with Crippen molar-refractivity contribution in [3.8, 4) is 22.6 Å². The Hall–Kier alpha value is -4.76. The second kappa shape index (κ2) is 10.9. The van der Waals surface area contributed by atoms with Gasteiger partial charge in [-0.3, -0.25) is 0 Å². The summed E-state index contributed by atoms with van der Waals surface area (Å²) < 4.78 is 7.26. The molecule has 2 aliphatic heterocycles. The van der Waals surface area contributed by atoms with Crippen molar-refractivity contribution in [3.05, 3.63) is 119 Å². The van der Waals surface area contributed by atoms with Gasteiger partial charge in [-0.2, -0.15) is 0 Å². The van der Waals surface area contributed by atoms with E-state index in [0.717, 1.165) is 11.5 Å². The monoisotopic (exact) mass is 693 g/mol. The number of nitrogens with zero attached hydrogens (tertiary/aromatic N) is 1. The zero-order valence-corrected chi connectivity index (χ0v) is 33.7. The van der Waals surface area contributed by atoms with E-state index >= 15 is 0 Å². The normalized spacial score (nSPS) is 14.5. The first-order valence-electron chi connectivity index (χ1n) is 19.5. The lowest BCUT2D eigenvalue weighted by Gasteiger charge is -2.43. The van der Waals surface area contributed by atoms with Crippen molar-refractivity contribution >= 4 is 61.5 Å². The highest BCUT2D eigenvalue weighted by Crippen LogP contribution is 2.52. The fourth-order valence-electron chi connectivity index (χ4n) is 8.88. The van der Waals surface area contributed by atoms with Gasteiger partial charge in [-0.25, -0.2) is 0 Å². The molecule has 0 aliphatic carbocycles. The minimum absolute atomic E-state index is 0.00908. The molecule has 0 fully saturated rings. The van der Waals surface area contributed by atoms with Crippen molar-refractivity contribution in [1.82, 2.24) is 0 Å². The Balaban J connectivity index is 1.44. The van der Waals surface area contributed by atoms with Crippen molar-refractivity contribution in [2.75, 3.05) is 4.81 Å². The van der Waals surface area contributed by atoms with Gasteiger partial charge in [0, 0.05) is 33.2 Å². The molecule has 2 heterocycles. The Bertz CT molecular complexity index is 2600. The van der Waals surface area contributed by atoms with E-state index in [0.29, 0.717) is 0 Å². The van der Waals surface area contributed by atoms with Crippen LogP contribution >= 0.6 is 0 Å². The second-order valence-corrected chi connectivity index (χ2v) is 19.9. The van der Waals surface area contributed by atoms with Crippen molar-refractivity contribution in [1.29, 1.82) is 0 Å². The number of fused-ring (bicyclic) bond motifs is 6. The first kappa shape index (κ1) is 34.0. The lowest BCUT2D eigenvalue weighted by Crippen LogP contribution is -2.60. The average Bonchev–Trinajstić information content (AvgIpc) is 3.09. The highest BCUT2D eigenvalue weighted by molar-refractivity contribution is 6.93. The zero-order valence-electron chi connectivity index (χ0n) is 33.7. The molecule has 0 atom stereocenters. The summed E-state index contributed by atoms with van der Waals surface area (Å²) in [5, 5.41) is 7.71. The van der Waals surface area contributed by atoms with Crippen LogP contribution in [-0.2, 0) is 21.7 Å². The molecule has 0 aromatic heterocycles. The van der Waals surface area contributed by atoms with Crippen molar-refractivity contribution in [2.24, 2.45) is 0 Å². The highest BCUT2D eigenvalue weighted by Gasteiger charge is 2.46. The summed E-state index contributed by atoms with van der Waals surface area (Å²) in [4.78, 5) is 2.61. The quantitative estimate of drug-likeness (QED) is 0.125. The summed E-state index contributed by atoms with van der Waals surface area (Å²) in [5.74, 6) is 1.93. The molecule has 0 radical (unpaired) electrons. The number of hydrogen-bond acceptors (Lipinski definition) is 2. The van der Waals surface area contributed by atoms with Gasteiger partial charge in [0.1, 0.15) is 11.5 Å². The summed E-state index contributed by atoms with van der Waals surface area (Å²) in [6.07, 6.45) is 0. The van der Waals surface area contributed by atoms with E-state index in [1.165, 1.54) is 88.0 Å². The van der Waals surface area contributed by atoms with Crippen LogP contribution in [0.25, 0.3) is 43.4 Å². The van der Waals surface area contributed by atoms with Crippen LogP contribution in [0.2, 0.25) is 0 Å². The van der Waals surface area contributed by atoms with Gasteiger partial charge in [0.2, 0.25) is 0 Å². The summed E-state index contributed by atoms with van der Waals surface area (Å²) in [7, 11) is 0. The van der Waals surface area contributed by atoms with Gasteiger partial charge in [-0.15, -0.1) is 0 Å². The number of rotatable bonds is 1. The lowest BCUT2D eigenvalue weighted by atomic mass is 9.43. The summed E-state index contributed by atoms with van der Waals surface area (Å²) in [6.45, 7) is 27.6. The summed E-state index contributed by atoms with van der Waals surface area (Å²) in [6, 6.07) is 37.8. The predicted molar refractivity (Wildman–Crippen MR) is 231 cm³/mol. The molecule has 0 amide bonds. The van der Waals surface area contributed by atoms with E-state index in [1.807, 2.05) is 0 Å². The van der Waals surface area contributed by atoms with Gasteiger partial charge in [0.05, 0.1) is 0 Å². The zero-order chi connectivity index (χ0) is 37.6. The first-order chi connectivity index (χ1) is 24.8. The smallest absolute Gasteiger partial charge is 0.336 e. The number of anilines is 2. The van der Waals surface area contributed by atoms with E-state index in [4.69, 9.17) is 4.74 Å². The van der Waals surface area contributed by atoms with E-state index in [1.54, 1.807) is 0 Å². The molecule has 9 rings (SSSR count). The van der Waals surface area contributed by atoms with Crippen molar-refractivity contribution < 1.29 is 4.74 Å². The van der Waals surface area contributed by atoms with Gasteiger partial charge in [-0.1, -0.05) is 144 Å². The van der Waals surface area contributed by atoms with E-state index in [-0.39, 0.29) is 28.5 Å². The van der Waals surface area contributed by atoms with Crippen LogP contribution in [0.3, 0.4) is 0 Å². The Morgan fingerprint density at radius 1 is 0.491 bits per heavy atom. The third-order valence-electron chi connectivity index (χ3n) is 12.1. The van der Waals surface area contributed by atoms with Gasteiger partial charge in [0.25, 0.3) is 0 Å². The van der Waals surface area contributed by atoms with Crippen LogP contribution in [0.1, 0.15) is 105 Å². The molecule has 2 aliphatic rings. The minimum atomic E-state index is -0.0751. The molecule has 2 nitrogen and oxygen atoms in total. The van der Waals surface area contributed by atoms with E-state index in [9.17, 15) is 0 Å². The van der Waals surface area contributed by atoms with Crippen molar-refractivity contribution in [3.63, 3.8) is 0 Å². The Labute approximate surface area is 316 Å².